The number of hydrogen-bond acceptors (Lipinski definition) is 2. The maximum Gasteiger partial charge on any atom is 0.385 e. The van der Waals surface area contributed by atoms with Crippen LogP contribution in [0.15, 0.2) is 18.2 Å². The van der Waals surface area contributed by atoms with Crippen LogP contribution in [0.2, 0.25) is 0 Å². The molecule has 1 aromatic rings. The second-order valence-corrected chi connectivity index (χ2v) is 4.64. The van der Waals surface area contributed by atoms with E-state index in [1.807, 2.05) is 37.8 Å². The SMILES string of the molecule is CCN1C(=O)C(CC)(CC)c2cc([N+]#N)ccc21. The van der Waals surface area contributed by atoms with Gasteiger partial charge in [-0.15, -0.1) is 0 Å². The minimum Gasteiger partial charge on any atom is -0.312 e. The Morgan fingerprint density at radius 3 is 2.44 bits per heavy atom. The van der Waals surface area contributed by atoms with Crippen LogP contribution >= 0.6 is 0 Å². The van der Waals surface area contributed by atoms with E-state index in [1.54, 1.807) is 6.07 Å². The van der Waals surface area contributed by atoms with Crippen LogP contribution in [-0.4, -0.2) is 12.5 Å². The molecule has 0 aliphatic carbocycles. The third kappa shape index (κ3) is 1.43. The second-order valence-electron chi connectivity index (χ2n) is 4.64. The Kier molecular flexibility index (Phi) is 3.08. The highest BCUT2D eigenvalue weighted by molar-refractivity contribution is 6.08. The molecule has 1 aromatic carbocycles. The molecule has 0 saturated heterocycles. The van der Waals surface area contributed by atoms with Gasteiger partial charge in [-0.1, -0.05) is 13.8 Å². The van der Waals surface area contributed by atoms with Crippen molar-refractivity contribution in [2.24, 2.45) is 0 Å². The number of anilines is 1. The van der Waals surface area contributed by atoms with Gasteiger partial charge in [0.25, 0.3) is 0 Å². The van der Waals surface area contributed by atoms with Crippen LogP contribution in [0.25, 0.3) is 4.98 Å². The lowest BCUT2D eigenvalue weighted by Gasteiger charge is -2.25. The molecule has 0 N–H and O–H groups in total. The lowest BCUT2D eigenvalue weighted by Crippen LogP contribution is -2.39. The van der Waals surface area contributed by atoms with Crippen molar-refractivity contribution in [3.8, 4) is 0 Å². The third-order valence-electron chi connectivity index (χ3n) is 4.08. The van der Waals surface area contributed by atoms with E-state index < -0.39 is 5.41 Å². The number of carbonyl (C=O) groups is 1. The van der Waals surface area contributed by atoms with Gasteiger partial charge in [0, 0.05) is 24.4 Å². The van der Waals surface area contributed by atoms with Crippen LogP contribution in [-0.2, 0) is 10.2 Å². The van der Waals surface area contributed by atoms with Gasteiger partial charge in [0.1, 0.15) is 0 Å². The van der Waals surface area contributed by atoms with E-state index in [4.69, 9.17) is 5.39 Å². The van der Waals surface area contributed by atoms with Gasteiger partial charge in [0.2, 0.25) is 11.3 Å². The summed E-state index contributed by atoms with van der Waals surface area (Å²) >= 11 is 0. The highest BCUT2D eigenvalue weighted by Gasteiger charge is 2.48. The molecule has 1 aliphatic rings. The zero-order valence-corrected chi connectivity index (χ0v) is 11.1. The van der Waals surface area contributed by atoms with Gasteiger partial charge in [-0.25, -0.2) is 0 Å². The average Bonchev–Trinajstić information content (AvgIpc) is 2.66. The summed E-state index contributed by atoms with van der Waals surface area (Å²) in [6, 6.07) is 5.44. The first-order valence-electron chi connectivity index (χ1n) is 6.46. The van der Waals surface area contributed by atoms with Crippen LogP contribution in [0, 0.1) is 5.39 Å². The predicted molar refractivity (Wildman–Crippen MR) is 71.5 cm³/mol. The normalized spacial score (nSPS) is 16.6. The highest BCUT2D eigenvalue weighted by Crippen LogP contribution is 2.47. The van der Waals surface area contributed by atoms with Crippen LogP contribution in [0.4, 0.5) is 11.4 Å². The molecule has 0 saturated carbocycles. The van der Waals surface area contributed by atoms with E-state index in [9.17, 15) is 4.79 Å². The summed E-state index contributed by atoms with van der Waals surface area (Å²) in [7, 11) is 0. The average molecular weight is 244 g/mol. The van der Waals surface area contributed by atoms with Gasteiger partial charge >= 0.3 is 5.69 Å². The van der Waals surface area contributed by atoms with Crippen LogP contribution in [0.1, 0.15) is 39.2 Å². The van der Waals surface area contributed by atoms with Gasteiger partial charge in [-0.05, 0) is 31.4 Å². The number of nitrogens with zero attached hydrogens (tertiary/aromatic N) is 3. The Bertz CT molecular complexity index is 526. The maximum atomic E-state index is 12.6. The Morgan fingerprint density at radius 1 is 1.28 bits per heavy atom. The van der Waals surface area contributed by atoms with E-state index in [1.165, 1.54) is 0 Å². The van der Waals surface area contributed by atoms with E-state index in [0.717, 1.165) is 24.1 Å². The van der Waals surface area contributed by atoms with Gasteiger partial charge in [0.15, 0.2) is 4.98 Å². The fourth-order valence-electron chi connectivity index (χ4n) is 2.94. The van der Waals surface area contributed by atoms with Crippen LogP contribution in [0.5, 0.6) is 0 Å². The molecule has 1 aliphatic heterocycles. The number of likely N-dealkylation sites (N-methyl/N-ethyl adjacent to an activating group) is 1. The summed E-state index contributed by atoms with van der Waals surface area (Å²) < 4.78 is 0. The molecule has 2 rings (SSSR count). The summed E-state index contributed by atoms with van der Waals surface area (Å²) in [4.78, 5) is 17.7. The minimum absolute atomic E-state index is 0.167. The van der Waals surface area contributed by atoms with Gasteiger partial charge in [-0.3, -0.25) is 4.79 Å². The largest absolute Gasteiger partial charge is 0.385 e. The molecule has 0 radical (unpaired) electrons. The number of hydrogen-bond donors (Lipinski definition) is 0. The first-order chi connectivity index (χ1) is 8.64. The Hall–Kier alpha value is -1.89. The summed E-state index contributed by atoms with van der Waals surface area (Å²) in [6.45, 7) is 6.72. The molecule has 0 spiro atoms. The van der Waals surface area contributed by atoms with Crippen molar-refractivity contribution in [1.29, 1.82) is 5.39 Å². The van der Waals surface area contributed by atoms with Crippen LogP contribution in [0.3, 0.4) is 0 Å². The summed E-state index contributed by atoms with van der Waals surface area (Å²) in [5, 5.41) is 8.90. The zero-order chi connectivity index (χ0) is 13.3. The van der Waals surface area contributed by atoms with Gasteiger partial charge in [0.05, 0.1) is 5.41 Å². The molecule has 0 fully saturated rings. The molecule has 94 valence electrons. The van der Waals surface area contributed by atoms with Gasteiger partial charge in [-0.2, -0.15) is 0 Å². The molecule has 1 amide bonds. The minimum atomic E-state index is -0.452. The summed E-state index contributed by atoms with van der Waals surface area (Å²) in [5.74, 6) is 0.167. The van der Waals surface area contributed by atoms with Crippen molar-refractivity contribution in [3.63, 3.8) is 0 Å². The van der Waals surface area contributed by atoms with E-state index in [-0.39, 0.29) is 5.91 Å². The van der Waals surface area contributed by atoms with Crippen molar-refractivity contribution in [2.75, 3.05) is 11.4 Å². The number of carbonyl (C=O) groups excluding carboxylic acids is 1. The van der Waals surface area contributed by atoms with Gasteiger partial charge < -0.3 is 4.90 Å². The van der Waals surface area contributed by atoms with Crippen molar-refractivity contribution >= 4 is 17.3 Å². The van der Waals surface area contributed by atoms with E-state index in [0.29, 0.717) is 12.2 Å². The zero-order valence-electron chi connectivity index (χ0n) is 11.1. The molecule has 18 heavy (non-hydrogen) atoms. The molecular formula is C14H18N3O+. The van der Waals surface area contributed by atoms with Crippen molar-refractivity contribution in [2.45, 2.75) is 39.0 Å². The fraction of sp³-hybridized carbons (Fsp3) is 0.500. The van der Waals surface area contributed by atoms with Crippen LogP contribution < -0.4 is 4.90 Å². The first-order valence-corrected chi connectivity index (χ1v) is 6.46. The molecule has 0 aromatic heterocycles. The lowest BCUT2D eigenvalue weighted by molar-refractivity contribution is -0.123. The van der Waals surface area contributed by atoms with Crippen molar-refractivity contribution in [1.82, 2.24) is 0 Å². The molecule has 0 bridgehead atoms. The quantitative estimate of drug-likeness (QED) is 0.763. The van der Waals surface area contributed by atoms with Crippen molar-refractivity contribution < 1.29 is 4.79 Å². The topological polar surface area (TPSA) is 48.5 Å². The summed E-state index contributed by atoms with van der Waals surface area (Å²) in [6.07, 6.45) is 1.53. The van der Waals surface area contributed by atoms with Crippen molar-refractivity contribution in [3.05, 3.63) is 28.7 Å². The smallest absolute Gasteiger partial charge is 0.312 e. The molecule has 0 atom stereocenters. The lowest BCUT2D eigenvalue weighted by atomic mass is 9.77. The molecule has 4 nitrogen and oxygen atoms in total. The highest BCUT2D eigenvalue weighted by atomic mass is 16.2. The first kappa shape index (κ1) is 12.6. The third-order valence-corrected chi connectivity index (χ3v) is 4.08. The Morgan fingerprint density at radius 2 is 1.94 bits per heavy atom. The fourth-order valence-corrected chi connectivity index (χ4v) is 2.94. The number of diazo groups is 1. The maximum absolute atomic E-state index is 12.6. The molecule has 0 unspecified atom stereocenters. The molecule has 1 heterocycles. The van der Waals surface area contributed by atoms with E-state index >= 15 is 0 Å². The Labute approximate surface area is 107 Å². The monoisotopic (exact) mass is 244 g/mol. The van der Waals surface area contributed by atoms with E-state index in [2.05, 4.69) is 4.98 Å². The standard InChI is InChI=1S/C14H18N3O/c1-4-14(5-2)11-9-10(16-15)7-8-12(11)17(6-3)13(14)18/h7-9H,4-6H2,1-3H3/q+1. The number of benzene rings is 1. The summed E-state index contributed by atoms with van der Waals surface area (Å²) in [5.41, 5.74) is 2.01. The number of fused-ring (bicyclic) bond motifs is 1. The number of amides is 1. The molecule has 4 heteroatoms. The predicted octanol–water partition coefficient (Wildman–Crippen LogP) is 3.60. The molecular weight excluding hydrogens is 226 g/mol. The number of rotatable bonds is 3. The Balaban J connectivity index is 2.69. The second kappa shape index (κ2) is 4.41.